The number of imidazole rings is 1. The summed E-state index contributed by atoms with van der Waals surface area (Å²) in [5, 5.41) is 9.27. The highest BCUT2D eigenvalue weighted by atomic mass is 16.4. The zero-order valence-electron chi connectivity index (χ0n) is 20.9. The largest absolute Gasteiger partial charge is 0.481 e. The van der Waals surface area contributed by atoms with Crippen molar-refractivity contribution >= 4 is 23.0 Å². The Kier molecular flexibility index (Phi) is 6.31. The lowest BCUT2D eigenvalue weighted by atomic mass is 9.97. The topological polar surface area (TPSA) is 110 Å². The lowest BCUT2D eigenvalue weighted by Crippen LogP contribution is -2.35. The van der Waals surface area contributed by atoms with Gasteiger partial charge in [-0.2, -0.15) is 0 Å². The molecule has 2 aromatic carbocycles. The van der Waals surface area contributed by atoms with Crippen molar-refractivity contribution in [2.24, 2.45) is 5.92 Å². The highest BCUT2D eigenvalue weighted by Crippen LogP contribution is 2.32. The number of fused-ring (bicyclic) bond motifs is 1. The quantitative estimate of drug-likeness (QED) is 0.334. The Labute approximate surface area is 220 Å². The zero-order valence-corrected chi connectivity index (χ0v) is 20.9. The number of aliphatic carboxylic acids is 1. The SMILES string of the molecule is Nc1ncccc1-c1nc2ccc(-c3ccccc3)nc2n1-c1ccc(CN2CCC(C(=O)O)CC2)cc1. The van der Waals surface area contributed by atoms with E-state index in [0.717, 1.165) is 53.3 Å². The van der Waals surface area contributed by atoms with Gasteiger partial charge in [0.05, 0.1) is 17.2 Å². The molecule has 8 nitrogen and oxygen atoms in total. The van der Waals surface area contributed by atoms with Crippen LogP contribution in [-0.2, 0) is 11.3 Å². The number of anilines is 1. The molecule has 0 aliphatic carbocycles. The molecule has 8 heteroatoms. The van der Waals surface area contributed by atoms with E-state index in [1.807, 2.05) is 59.2 Å². The number of hydrogen-bond acceptors (Lipinski definition) is 6. The van der Waals surface area contributed by atoms with Gasteiger partial charge in [-0.25, -0.2) is 15.0 Å². The van der Waals surface area contributed by atoms with Crippen LogP contribution in [0, 0.1) is 5.92 Å². The maximum Gasteiger partial charge on any atom is 0.306 e. The molecule has 5 aromatic rings. The van der Waals surface area contributed by atoms with Gasteiger partial charge >= 0.3 is 5.97 Å². The summed E-state index contributed by atoms with van der Waals surface area (Å²) < 4.78 is 2.04. The van der Waals surface area contributed by atoms with Crippen LogP contribution in [-0.4, -0.2) is 48.6 Å². The number of pyridine rings is 2. The highest BCUT2D eigenvalue weighted by molar-refractivity contribution is 5.84. The van der Waals surface area contributed by atoms with Crippen molar-refractivity contribution in [3.05, 3.63) is 90.6 Å². The number of aromatic nitrogens is 4. The van der Waals surface area contributed by atoms with E-state index in [-0.39, 0.29) is 5.92 Å². The summed E-state index contributed by atoms with van der Waals surface area (Å²) >= 11 is 0. The van der Waals surface area contributed by atoms with Gasteiger partial charge in [-0.3, -0.25) is 14.3 Å². The average Bonchev–Trinajstić information content (AvgIpc) is 3.33. The van der Waals surface area contributed by atoms with E-state index >= 15 is 0 Å². The number of nitrogens with zero attached hydrogens (tertiary/aromatic N) is 5. The minimum absolute atomic E-state index is 0.227. The Hall–Kier alpha value is -4.56. The van der Waals surface area contributed by atoms with Crippen molar-refractivity contribution < 1.29 is 9.90 Å². The predicted octanol–water partition coefficient (Wildman–Crippen LogP) is 5.03. The van der Waals surface area contributed by atoms with Gasteiger partial charge in [0.1, 0.15) is 11.3 Å². The third-order valence-electron chi connectivity index (χ3n) is 7.19. The van der Waals surface area contributed by atoms with Crippen LogP contribution in [0.2, 0.25) is 0 Å². The number of benzene rings is 2. The molecule has 4 heterocycles. The van der Waals surface area contributed by atoms with Gasteiger partial charge in [-0.05, 0) is 67.9 Å². The molecular formula is C30H28N6O2. The Morgan fingerprint density at radius 2 is 1.68 bits per heavy atom. The highest BCUT2D eigenvalue weighted by Gasteiger charge is 2.24. The summed E-state index contributed by atoms with van der Waals surface area (Å²) in [6.07, 6.45) is 3.06. The van der Waals surface area contributed by atoms with E-state index in [4.69, 9.17) is 15.7 Å². The van der Waals surface area contributed by atoms with Crippen LogP contribution in [0.15, 0.2) is 85.1 Å². The average molecular weight is 505 g/mol. The number of hydrogen-bond donors (Lipinski definition) is 2. The predicted molar refractivity (Wildman–Crippen MR) is 148 cm³/mol. The number of likely N-dealkylation sites (tertiary alicyclic amines) is 1. The normalized spacial score (nSPS) is 14.6. The molecule has 0 atom stereocenters. The summed E-state index contributed by atoms with van der Waals surface area (Å²) in [7, 11) is 0. The van der Waals surface area contributed by atoms with Gasteiger partial charge in [0.2, 0.25) is 0 Å². The molecule has 1 aliphatic rings. The molecule has 0 radical (unpaired) electrons. The molecule has 3 N–H and O–H groups in total. The molecule has 190 valence electrons. The van der Waals surface area contributed by atoms with E-state index in [1.165, 1.54) is 5.56 Å². The number of nitrogens with two attached hydrogens (primary N) is 1. The molecule has 1 saturated heterocycles. The smallest absolute Gasteiger partial charge is 0.306 e. The van der Waals surface area contributed by atoms with E-state index in [2.05, 4.69) is 34.1 Å². The maximum atomic E-state index is 11.3. The molecule has 3 aromatic heterocycles. The van der Waals surface area contributed by atoms with Gasteiger partial charge in [0.15, 0.2) is 11.5 Å². The number of carboxylic acid groups (broad SMARTS) is 1. The Morgan fingerprint density at radius 3 is 2.39 bits per heavy atom. The molecule has 1 fully saturated rings. The first kappa shape index (κ1) is 23.8. The van der Waals surface area contributed by atoms with Crippen molar-refractivity contribution in [1.29, 1.82) is 0 Å². The van der Waals surface area contributed by atoms with Crippen molar-refractivity contribution in [1.82, 2.24) is 24.4 Å². The first-order valence-electron chi connectivity index (χ1n) is 12.8. The minimum Gasteiger partial charge on any atom is -0.481 e. The molecule has 0 saturated carbocycles. The van der Waals surface area contributed by atoms with Gasteiger partial charge in [0, 0.05) is 24.0 Å². The monoisotopic (exact) mass is 504 g/mol. The van der Waals surface area contributed by atoms with Crippen molar-refractivity contribution in [2.75, 3.05) is 18.8 Å². The third kappa shape index (κ3) is 4.62. The number of carbonyl (C=O) groups is 1. The summed E-state index contributed by atoms with van der Waals surface area (Å²) in [6.45, 7) is 2.37. The van der Waals surface area contributed by atoms with Crippen LogP contribution in [0.1, 0.15) is 18.4 Å². The minimum atomic E-state index is -0.685. The zero-order chi connectivity index (χ0) is 26.1. The van der Waals surface area contributed by atoms with Crippen molar-refractivity contribution in [3.63, 3.8) is 0 Å². The second-order valence-corrected chi connectivity index (χ2v) is 9.67. The Balaban J connectivity index is 1.38. The van der Waals surface area contributed by atoms with Gasteiger partial charge in [-0.1, -0.05) is 42.5 Å². The van der Waals surface area contributed by atoms with E-state index in [1.54, 1.807) is 6.20 Å². The van der Waals surface area contributed by atoms with Crippen LogP contribution in [0.3, 0.4) is 0 Å². The summed E-state index contributed by atoms with van der Waals surface area (Å²) in [5.74, 6) is 0.186. The van der Waals surface area contributed by atoms with Crippen molar-refractivity contribution in [2.45, 2.75) is 19.4 Å². The fourth-order valence-electron chi connectivity index (χ4n) is 5.11. The maximum absolute atomic E-state index is 11.3. The summed E-state index contributed by atoms with van der Waals surface area (Å²) in [4.78, 5) is 27.8. The summed E-state index contributed by atoms with van der Waals surface area (Å²) in [6, 6.07) is 26.2. The first-order chi connectivity index (χ1) is 18.6. The van der Waals surface area contributed by atoms with Gasteiger partial charge in [0.25, 0.3) is 0 Å². The molecule has 38 heavy (non-hydrogen) atoms. The van der Waals surface area contributed by atoms with Crippen LogP contribution in [0.25, 0.3) is 39.5 Å². The van der Waals surface area contributed by atoms with E-state index in [9.17, 15) is 9.90 Å². The van der Waals surface area contributed by atoms with Crippen LogP contribution in [0.4, 0.5) is 5.82 Å². The molecule has 6 rings (SSSR count). The second kappa shape index (κ2) is 10.1. The number of carboxylic acids is 1. The summed E-state index contributed by atoms with van der Waals surface area (Å²) in [5.41, 5.74) is 12.5. The van der Waals surface area contributed by atoms with E-state index in [0.29, 0.717) is 24.5 Å². The number of piperidine rings is 1. The number of nitrogen functional groups attached to an aromatic ring is 1. The molecule has 0 unspecified atom stereocenters. The van der Waals surface area contributed by atoms with E-state index < -0.39 is 5.97 Å². The molecule has 0 bridgehead atoms. The number of rotatable bonds is 6. The molecule has 0 spiro atoms. The lowest BCUT2D eigenvalue weighted by Gasteiger charge is -2.30. The third-order valence-corrected chi connectivity index (χ3v) is 7.19. The fourth-order valence-corrected chi connectivity index (χ4v) is 5.11. The molecule has 1 aliphatic heterocycles. The van der Waals surface area contributed by atoms with Crippen LogP contribution < -0.4 is 5.73 Å². The Bertz CT molecular complexity index is 1590. The fraction of sp³-hybridized carbons (Fsp3) is 0.200. The van der Waals surface area contributed by atoms with Crippen molar-refractivity contribution in [3.8, 4) is 28.3 Å². The first-order valence-corrected chi connectivity index (χ1v) is 12.8. The van der Waals surface area contributed by atoms with Gasteiger partial charge < -0.3 is 10.8 Å². The standard InChI is InChI=1S/C30H28N6O2/c31-27-24(7-4-16-32-27)28-34-26-13-12-25(21-5-2-1-3-6-21)33-29(26)36(28)23-10-8-20(9-11-23)19-35-17-14-22(15-18-35)30(37)38/h1-13,16,22H,14-15,17-19H2,(H2,31,32)(H,37,38). The Morgan fingerprint density at radius 1 is 0.921 bits per heavy atom. The van der Waals surface area contributed by atoms with Crippen LogP contribution in [0.5, 0.6) is 0 Å². The molecule has 0 amide bonds. The van der Waals surface area contributed by atoms with Crippen LogP contribution >= 0.6 is 0 Å². The van der Waals surface area contributed by atoms with Gasteiger partial charge in [-0.15, -0.1) is 0 Å². The second-order valence-electron chi connectivity index (χ2n) is 9.67. The lowest BCUT2D eigenvalue weighted by molar-refractivity contribution is -0.143. The molecular weight excluding hydrogens is 476 g/mol.